The first-order valence-electron chi connectivity index (χ1n) is 4.18. The Morgan fingerprint density at radius 1 is 1.55 bits per heavy atom. The normalized spacial score (nSPS) is 17.4. The van der Waals surface area contributed by atoms with Crippen LogP contribution in [0.3, 0.4) is 0 Å². The number of thioether (sulfide) groups is 1. The summed E-state index contributed by atoms with van der Waals surface area (Å²) in [7, 11) is 0. The van der Waals surface area contributed by atoms with Gasteiger partial charge in [0.1, 0.15) is 0 Å². The first-order valence-corrected chi connectivity index (χ1v) is 5.33. The van der Waals surface area contributed by atoms with Gasteiger partial charge >= 0.3 is 0 Å². The van der Waals surface area contributed by atoms with Crippen molar-refractivity contribution >= 4 is 11.8 Å². The van der Waals surface area contributed by atoms with Gasteiger partial charge in [0.15, 0.2) is 0 Å². The van der Waals surface area contributed by atoms with Crippen molar-refractivity contribution in [2.45, 2.75) is 25.3 Å². The third-order valence-electron chi connectivity index (χ3n) is 1.97. The summed E-state index contributed by atoms with van der Waals surface area (Å²) in [6.07, 6.45) is 9.28. The zero-order valence-electron chi connectivity index (χ0n) is 6.81. The van der Waals surface area contributed by atoms with Gasteiger partial charge in [0.05, 0.1) is 5.75 Å². The maximum atomic E-state index is 5.12. The highest BCUT2D eigenvalue weighted by atomic mass is 32.2. The van der Waals surface area contributed by atoms with Gasteiger partial charge < -0.3 is 5.32 Å². The summed E-state index contributed by atoms with van der Waals surface area (Å²) in [6.45, 7) is 1.12. The number of hydrogen-bond donors (Lipinski definition) is 1. The van der Waals surface area contributed by atoms with Crippen LogP contribution >= 0.6 is 11.8 Å². The van der Waals surface area contributed by atoms with Crippen LogP contribution in [-0.2, 0) is 0 Å². The van der Waals surface area contributed by atoms with Gasteiger partial charge in [-0.25, -0.2) is 0 Å². The lowest BCUT2D eigenvalue weighted by molar-refractivity contribution is 0.347. The Morgan fingerprint density at radius 2 is 2.36 bits per heavy atom. The topological polar surface area (TPSA) is 12.0 Å². The average Bonchev–Trinajstić information content (AvgIpc) is 1.93. The second kappa shape index (κ2) is 5.51. The van der Waals surface area contributed by atoms with E-state index < -0.39 is 0 Å². The van der Waals surface area contributed by atoms with Crippen molar-refractivity contribution < 1.29 is 0 Å². The molecule has 0 unspecified atom stereocenters. The Balaban J connectivity index is 1.77. The standard InChI is InChI=1S/C9H15NS/c1-2-7-11-8-6-10-9-4-3-5-9/h1,9-10H,3-8H2. The van der Waals surface area contributed by atoms with Crippen LogP contribution in [0, 0.1) is 12.3 Å². The van der Waals surface area contributed by atoms with Crippen LogP contribution < -0.4 is 5.32 Å². The minimum atomic E-state index is 0.821. The third-order valence-corrected chi connectivity index (χ3v) is 2.83. The molecule has 0 aromatic rings. The van der Waals surface area contributed by atoms with Crippen molar-refractivity contribution in [1.82, 2.24) is 5.32 Å². The number of hydrogen-bond acceptors (Lipinski definition) is 2. The van der Waals surface area contributed by atoms with Crippen LogP contribution in [-0.4, -0.2) is 24.1 Å². The van der Waals surface area contributed by atoms with Crippen LogP contribution in [0.4, 0.5) is 0 Å². The molecule has 0 saturated heterocycles. The van der Waals surface area contributed by atoms with E-state index in [0.717, 1.165) is 24.1 Å². The molecule has 1 saturated carbocycles. The van der Waals surface area contributed by atoms with Crippen molar-refractivity contribution in [3.05, 3.63) is 0 Å². The molecule has 11 heavy (non-hydrogen) atoms. The average molecular weight is 169 g/mol. The molecule has 0 spiro atoms. The second-order valence-electron chi connectivity index (χ2n) is 2.84. The SMILES string of the molecule is C#CCSCCNC1CCC1. The van der Waals surface area contributed by atoms with Gasteiger partial charge in [-0.15, -0.1) is 18.2 Å². The molecule has 0 heterocycles. The van der Waals surface area contributed by atoms with E-state index in [1.807, 2.05) is 11.8 Å². The largest absolute Gasteiger partial charge is 0.313 e. The molecule has 0 aliphatic heterocycles. The highest BCUT2D eigenvalue weighted by Crippen LogP contribution is 2.17. The van der Waals surface area contributed by atoms with Gasteiger partial charge in [0.25, 0.3) is 0 Å². The van der Waals surface area contributed by atoms with E-state index in [-0.39, 0.29) is 0 Å². The Kier molecular flexibility index (Phi) is 4.49. The predicted molar refractivity (Wildman–Crippen MR) is 51.8 cm³/mol. The lowest BCUT2D eigenvalue weighted by atomic mass is 9.93. The smallest absolute Gasteiger partial charge is 0.0545 e. The van der Waals surface area contributed by atoms with Crippen LogP contribution in [0.2, 0.25) is 0 Å². The van der Waals surface area contributed by atoms with Gasteiger partial charge in [-0.05, 0) is 12.8 Å². The second-order valence-corrected chi connectivity index (χ2v) is 3.94. The van der Waals surface area contributed by atoms with Crippen molar-refractivity contribution in [2.24, 2.45) is 0 Å². The number of nitrogens with one attached hydrogen (secondary N) is 1. The molecule has 0 bridgehead atoms. The summed E-state index contributed by atoms with van der Waals surface area (Å²) in [5.41, 5.74) is 0. The summed E-state index contributed by atoms with van der Waals surface area (Å²) < 4.78 is 0. The maximum Gasteiger partial charge on any atom is 0.0545 e. The fourth-order valence-electron chi connectivity index (χ4n) is 1.08. The highest BCUT2D eigenvalue weighted by Gasteiger charge is 2.15. The van der Waals surface area contributed by atoms with Gasteiger partial charge in [0, 0.05) is 18.3 Å². The molecule has 1 rings (SSSR count). The van der Waals surface area contributed by atoms with Gasteiger partial charge in [-0.1, -0.05) is 12.3 Å². The molecule has 0 amide bonds. The first kappa shape index (κ1) is 8.96. The van der Waals surface area contributed by atoms with Crippen molar-refractivity contribution in [3.63, 3.8) is 0 Å². The summed E-state index contributed by atoms with van der Waals surface area (Å²) in [5, 5.41) is 3.49. The lowest BCUT2D eigenvalue weighted by Crippen LogP contribution is -2.36. The Hall–Kier alpha value is -0.130. The lowest BCUT2D eigenvalue weighted by Gasteiger charge is -2.26. The van der Waals surface area contributed by atoms with E-state index in [1.165, 1.54) is 19.3 Å². The zero-order chi connectivity index (χ0) is 7.94. The molecule has 1 N–H and O–H groups in total. The van der Waals surface area contributed by atoms with Crippen LogP contribution in [0.1, 0.15) is 19.3 Å². The molecule has 0 aromatic heterocycles. The van der Waals surface area contributed by atoms with Crippen molar-refractivity contribution in [2.75, 3.05) is 18.1 Å². The minimum Gasteiger partial charge on any atom is -0.313 e. The van der Waals surface area contributed by atoms with Crippen molar-refractivity contribution in [3.8, 4) is 12.3 Å². The molecule has 1 fully saturated rings. The van der Waals surface area contributed by atoms with Crippen LogP contribution in [0.15, 0.2) is 0 Å². The highest BCUT2D eigenvalue weighted by molar-refractivity contribution is 7.99. The van der Waals surface area contributed by atoms with Crippen LogP contribution in [0.25, 0.3) is 0 Å². The molecule has 0 aromatic carbocycles. The molecule has 1 aliphatic carbocycles. The van der Waals surface area contributed by atoms with Crippen LogP contribution in [0.5, 0.6) is 0 Å². The molecule has 0 radical (unpaired) electrons. The zero-order valence-corrected chi connectivity index (χ0v) is 7.62. The molecular weight excluding hydrogens is 154 g/mol. The first-order chi connectivity index (χ1) is 5.43. The number of terminal acetylenes is 1. The minimum absolute atomic E-state index is 0.821. The van der Waals surface area contributed by atoms with Gasteiger partial charge in [-0.2, -0.15) is 0 Å². The van der Waals surface area contributed by atoms with E-state index >= 15 is 0 Å². The monoisotopic (exact) mass is 169 g/mol. The molecule has 0 atom stereocenters. The Bertz CT molecular complexity index is 135. The summed E-state index contributed by atoms with van der Waals surface area (Å²) in [5.74, 6) is 4.63. The summed E-state index contributed by atoms with van der Waals surface area (Å²) in [4.78, 5) is 0. The Labute approximate surface area is 73.3 Å². The summed E-state index contributed by atoms with van der Waals surface area (Å²) >= 11 is 1.83. The quantitative estimate of drug-likeness (QED) is 0.494. The van der Waals surface area contributed by atoms with E-state index in [2.05, 4.69) is 11.2 Å². The molecule has 1 aliphatic rings. The molecular formula is C9H15NS. The van der Waals surface area contributed by atoms with Crippen molar-refractivity contribution in [1.29, 1.82) is 0 Å². The number of rotatable bonds is 5. The third kappa shape index (κ3) is 3.69. The summed E-state index contributed by atoms with van der Waals surface area (Å²) in [6, 6.07) is 0.821. The molecule has 1 nitrogen and oxygen atoms in total. The molecule has 2 heteroatoms. The fourth-order valence-corrected chi connectivity index (χ4v) is 1.60. The predicted octanol–water partition coefficient (Wildman–Crippen LogP) is 1.49. The Morgan fingerprint density at radius 3 is 2.91 bits per heavy atom. The van der Waals surface area contributed by atoms with E-state index in [1.54, 1.807) is 0 Å². The van der Waals surface area contributed by atoms with E-state index in [0.29, 0.717) is 0 Å². The van der Waals surface area contributed by atoms with E-state index in [4.69, 9.17) is 6.42 Å². The van der Waals surface area contributed by atoms with E-state index in [9.17, 15) is 0 Å². The molecule has 62 valence electrons. The van der Waals surface area contributed by atoms with Gasteiger partial charge in [0.2, 0.25) is 0 Å². The van der Waals surface area contributed by atoms with Gasteiger partial charge in [-0.3, -0.25) is 0 Å². The maximum absolute atomic E-state index is 5.12. The fraction of sp³-hybridized carbons (Fsp3) is 0.778.